The van der Waals surface area contributed by atoms with E-state index in [1.807, 2.05) is 0 Å². The van der Waals surface area contributed by atoms with Crippen LogP contribution in [0.3, 0.4) is 0 Å². The average molecular weight is 234 g/mol. The maximum absolute atomic E-state index is 9.32. The van der Waals surface area contributed by atoms with Crippen molar-refractivity contribution >= 4 is 0 Å². The molecule has 0 aromatic heterocycles. The Hall–Kier alpha value is -0.240. The molecular weight excluding hydrogens is 216 g/mol. The van der Waals surface area contributed by atoms with Gasteiger partial charge in [-0.1, -0.05) is 0 Å². The topological polar surface area (TPSA) is 84.0 Å². The summed E-state index contributed by atoms with van der Waals surface area (Å²) >= 11 is 0. The molecule has 2 aliphatic rings. The van der Waals surface area contributed by atoms with Gasteiger partial charge in [0, 0.05) is 6.42 Å². The van der Waals surface area contributed by atoms with E-state index < -0.39 is 12.4 Å². The molecule has 0 bridgehead atoms. The van der Waals surface area contributed by atoms with Gasteiger partial charge in [-0.3, -0.25) is 0 Å². The van der Waals surface area contributed by atoms with Gasteiger partial charge in [0.25, 0.3) is 0 Å². The highest BCUT2D eigenvalue weighted by Gasteiger charge is 2.28. The molecular formula is C10H18O6. The average Bonchev–Trinajstić information content (AvgIpc) is 3.16. The van der Waals surface area contributed by atoms with Crippen molar-refractivity contribution < 1.29 is 29.2 Å². The monoisotopic (exact) mass is 234 g/mol. The summed E-state index contributed by atoms with van der Waals surface area (Å²) in [6.07, 6.45) is -0.736. The number of aliphatic hydroxyl groups excluding tert-OH is 2. The number of aliphatic hydroxyl groups is 2. The first kappa shape index (κ1) is 12.2. The molecule has 6 heteroatoms. The molecule has 0 aliphatic carbocycles. The normalized spacial score (nSPS) is 31.1. The Balaban J connectivity index is 1.64. The fourth-order valence-electron chi connectivity index (χ4n) is 1.24. The van der Waals surface area contributed by atoms with Crippen LogP contribution < -0.4 is 0 Å². The van der Waals surface area contributed by atoms with E-state index in [1.165, 1.54) is 0 Å². The largest absolute Gasteiger partial charge is 0.394 e. The minimum Gasteiger partial charge on any atom is -0.394 e. The Labute approximate surface area is 94.1 Å². The summed E-state index contributed by atoms with van der Waals surface area (Å²) in [6, 6.07) is 0. The number of hydrogen-bond donors (Lipinski definition) is 2. The van der Waals surface area contributed by atoms with Gasteiger partial charge in [-0.25, -0.2) is 0 Å². The first-order valence-corrected chi connectivity index (χ1v) is 5.53. The van der Waals surface area contributed by atoms with Crippen molar-refractivity contribution in [3.05, 3.63) is 0 Å². The second-order valence-electron chi connectivity index (χ2n) is 4.08. The third kappa shape index (κ3) is 4.73. The second kappa shape index (κ2) is 5.90. The SMILES string of the molecule is OCC(O)CC(OCC1CO1)OCC1CO1. The molecule has 94 valence electrons. The minimum atomic E-state index is -0.815. The molecule has 3 unspecified atom stereocenters. The van der Waals surface area contributed by atoms with E-state index in [4.69, 9.17) is 24.1 Å². The van der Waals surface area contributed by atoms with Crippen LogP contribution in [0.4, 0.5) is 0 Å². The summed E-state index contributed by atoms with van der Waals surface area (Å²) in [5.74, 6) is 0. The minimum absolute atomic E-state index is 0.162. The Kier molecular flexibility index (Phi) is 4.51. The molecule has 0 radical (unpaired) electrons. The van der Waals surface area contributed by atoms with Gasteiger partial charge in [-0.05, 0) is 0 Å². The van der Waals surface area contributed by atoms with Crippen LogP contribution in [0.25, 0.3) is 0 Å². The predicted molar refractivity (Wildman–Crippen MR) is 52.9 cm³/mol. The van der Waals surface area contributed by atoms with Gasteiger partial charge in [0.1, 0.15) is 12.2 Å². The van der Waals surface area contributed by atoms with E-state index in [-0.39, 0.29) is 25.2 Å². The molecule has 2 N–H and O–H groups in total. The van der Waals surface area contributed by atoms with Gasteiger partial charge in [-0.15, -0.1) is 0 Å². The molecule has 0 aromatic rings. The van der Waals surface area contributed by atoms with Gasteiger partial charge < -0.3 is 29.2 Å². The van der Waals surface area contributed by atoms with Crippen LogP contribution in [0.5, 0.6) is 0 Å². The maximum atomic E-state index is 9.32. The van der Waals surface area contributed by atoms with E-state index in [0.29, 0.717) is 13.2 Å². The van der Waals surface area contributed by atoms with Crippen molar-refractivity contribution in [1.29, 1.82) is 0 Å². The number of hydrogen-bond acceptors (Lipinski definition) is 6. The molecule has 0 aromatic carbocycles. The first-order chi connectivity index (χ1) is 7.78. The third-order valence-corrected chi connectivity index (χ3v) is 2.42. The lowest BCUT2D eigenvalue weighted by molar-refractivity contribution is -0.165. The highest BCUT2D eigenvalue weighted by atomic mass is 16.7. The van der Waals surface area contributed by atoms with Crippen molar-refractivity contribution in [2.45, 2.75) is 31.0 Å². The number of rotatable bonds is 9. The summed E-state index contributed by atoms with van der Waals surface area (Å²) in [7, 11) is 0. The van der Waals surface area contributed by atoms with Crippen molar-refractivity contribution in [1.82, 2.24) is 0 Å². The van der Waals surface area contributed by atoms with Gasteiger partial charge in [0.15, 0.2) is 6.29 Å². The molecule has 0 spiro atoms. The van der Waals surface area contributed by atoms with Crippen LogP contribution >= 0.6 is 0 Å². The Morgan fingerprint density at radius 3 is 2.00 bits per heavy atom. The lowest BCUT2D eigenvalue weighted by Gasteiger charge is -2.19. The smallest absolute Gasteiger partial charge is 0.160 e. The van der Waals surface area contributed by atoms with Crippen molar-refractivity contribution in [3.63, 3.8) is 0 Å². The van der Waals surface area contributed by atoms with Gasteiger partial charge in [0.05, 0.1) is 39.1 Å². The van der Waals surface area contributed by atoms with Crippen LogP contribution in [0.2, 0.25) is 0 Å². The van der Waals surface area contributed by atoms with Crippen molar-refractivity contribution in [2.75, 3.05) is 33.0 Å². The molecule has 2 saturated heterocycles. The van der Waals surface area contributed by atoms with Crippen LogP contribution in [-0.2, 0) is 18.9 Å². The molecule has 0 saturated carbocycles. The fourth-order valence-corrected chi connectivity index (χ4v) is 1.24. The van der Waals surface area contributed by atoms with Gasteiger partial charge in [0.2, 0.25) is 0 Å². The highest BCUT2D eigenvalue weighted by Crippen LogP contribution is 2.15. The lowest BCUT2D eigenvalue weighted by Crippen LogP contribution is -2.28. The zero-order valence-corrected chi connectivity index (χ0v) is 9.08. The summed E-state index contributed by atoms with van der Waals surface area (Å²) in [4.78, 5) is 0. The van der Waals surface area contributed by atoms with E-state index in [1.54, 1.807) is 0 Å². The zero-order valence-electron chi connectivity index (χ0n) is 9.08. The number of epoxide rings is 2. The van der Waals surface area contributed by atoms with Crippen LogP contribution in [-0.4, -0.2) is 67.8 Å². The highest BCUT2D eigenvalue weighted by molar-refractivity contribution is 4.70. The Morgan fingerprint density at radius 1 is 1.12 bits per heavy atom. The Morgan fingerprint density at radius 2 is 1.62 bits per heavy atom. The zero-order chi connectivity index (χ0) is 11.4. The lowest BCUT2D eigenvalue weighted by atomic mass is 10.2. The van der Waals surface area contributed by atoms with E-state index in [9.17, 15) is 5.11 Å². The van der Waals surface area contributed by atoms with E-state index in [0.717, 1.165) is 13.2 Å². The fraction of sp³-hybridized carbons (Fsp3) is 1.00. The van der Waals surface area contributed by atoms with E-state index >= 15 is 0 Å². The molecule has 3 atom stereocenters. The quantitative estimate of drug-likeness (QED) is 0.388. The summed E-state index contributed by atoms with van der Waals surface area (Å²) in [6.45, 7) is 2.09. The third-order valence-electron chi connectivity index (χ3n) is 2.42. The predicted octanol–water partition coefficient (Wildman–Crippen LogP) is -1.11. The molecule has 16 heavy (non-hydrogen) atoms. The summed E-state index contributed by atoms with van der Waals surface area (Å²) in [5.41, 5.74) is 0. The molecule has 2 aliphatic heterocycles. The van der Waals surface area contributed by atoms with Crippen LogP contribution in [0.15, 0.2) is 0 Å². The maximum Gasteiger partial charge on any atom is 0.160 e. The van der Waals surface area contributed by atoms with Crippen LogP contribution in [0.1, 0.15) is 6.42 Å². The number of ether oxygens (including phenoxy) is 4. The first-order valence-electron chi connectivity index (χ1n) is 5.53. The standard InChI is InChI=1S/C10H18O6/c11-2-7(12)1-10(15-5-8-3-13-8)16-6-9-4-14-9/h7-12H,1-6H2. The summed E-state index contributed by atoms with van der Waals surface area (Å²) < 4.78 is 20.9. The Bertz CT molecular complexity index is 187. The molecule has 6 nitrogen and oxygen atoms in total. The molecule has 2 fully saturated rings. The second-order valence-corrected chi connectivity index (χ2v) is 4.08. The van der Waals surface area contributed by atoms with Gasteiger partial charge in [-0.2, -0.15) is 0 Å². The van der Waals surface area contributed by atoms with Crippen LogP contribution in [0, 0.1) is 0 Å². The van der Waals surface area contributed by atoms with Crippen molar-refractivity contribution in [2.24, 2.45) is 0 Å². The molecule has 2 heterocycles. The summed E-state index contributed by atoms with van der Waals surface area (Å²) in [5, 5.41) is 18.1. The van der Waals surface area contributed by atoms with Crippen molar-refractivity contribution in [3.8, 4) is 0 Å². The molecule has 2 rings (SSSR count). The molecule has 0 amide bonds. The van der Waals surface area contributed by atoms with E-state index in [2.05, 4.69) is 0 Å². The van der Waals surface area contributed by atoms with Gasteiger partial charge >= 0.3 is 0 Å².